The van der Waals surface area contributed by atoms with Gasteiger partial charge in [0.25, 0.3) is 5.91 Å². The first-order chi connectivity index (χ1) is 16.5. The average molecular weight is 468 g/mol. The first-order valence-electron chi connectivity index (χ1n) is 11.9. The van der Waals surface area contributed by atoms with Crippen LogP contribution >= 0.6 is 0 Å². The lowest BCUT2D eigenvalue weighted by atomic mass is 9.76. The third-order valence-electron chi connectivity index (χ3n) is 7.47. The molecular formula is C24H29N5O5. The van der Waals surface area contributed by atoms with Gasteiger partial charge in [0.15, 0.2) is 5.69 Å². The van der Waals surface area contributed by atoms with Crippen LogP contribution in [0.3, 0.4) is 0 Å². The number of rotatable bonds is 5. The van der Waals surface area contributed by atoms with Crippen molar-refractivity contribution in [1.29, 1.82) is 0 Å². The third kappa shape index (κ3) is 4.18. The Balaban J connectivity index is 1.34. The molecule has 2 aromatic rings. The van der Waals surface area contributed by atoms with Crippen LogP contribution in [0.4, 0.5) is 11.5 Å². The molecule has 10 heteroatoms. The van der Waals surface area contributed by atoms with Crippen LogP contribution in [0.25, 0.3) is 0 Å². The Morgan fingerprint density at radius 2 is 1.97 bits per heavy atom. The van der Waals surface area contributed by atoms with Gasteiger partial charge in [-0.1, -0.05) is 24.9 Å². The number of hydrogen-bond acceptors (Lipinski definition) is 7. The summed E-state index contributed by atoms with van der Waals surface area (Å²) in [4.78, 5) is 43.2. The minimum absolute atomic E-state index is 0.00619. The lowest BCUT2D eigenvalue weighted by molar-refractivity contribution is -0.124. The number of nitrogens with one attached hydrogen (secondary N) is 3. The Morgan fingerprint density at radius 3 is 2.68 bits per heavy atom. The molecule has 0 radical (unpaired) electrons. The molecule has 10 nitrogen and oxygen atoms in total. The zero-order valence-electron chi connectivity index (χ0n) is 19.1. The number of ether oxygens (including phenoxy) is 1. The summed E-state index contributed by atoms with van der Waals surface area (Å²) in [5.41, 5.74) is 1.01. The summed E-state index contributed by atoms with van der Waals surface area (Å²) in [5.74, 6) is 0.0951. The maximum Gasteiger partial charge on any atom is 0.274 e. The molecule has 3 aliphatic rings. The van der Waals surface area contributed by atoms with Crippen molar-refractivity contribution < 1.29 is 23.6 Å². The largest absolute Gasteiger partial charge is 0.381 e. The zero-order chi connectivity index (χ0) is 23.7. The second kappa shape index (κ2) is 9.17. The molecule has 0 bridgehead atoms. The first kappa shape index (κ1) is 22.5. The van der Waals surface area contributed by atoms with Gasteiger partial charge in [-0.3, -0.25) is 14.4 Å². The van der Waals surface area contributed by atoms with E-state index in [-0.39, 0.29) is 23.4 Å². The van der Waals surface area contributed by atoms with E-state index in [1.807, 2.05) is 0 Å². The van der Waals surface area contributed by atoms with Gasteiger partial charge < -0.3 is 25.2 Å². The summed E-state index contributed by atoms with van der Waals surface area (Å²) < 4.78 is 10.2. The Hall–Kier alpha value is -3.27. The Bertz CT molecular complexity index is 1070. The third-order valence-corrected chi connectivity index (χ3v) is 7.47. The molecule has 180 valence electrons. The van der Waals surface area contributed by atoms with Crippen molar-refractivity contribution in [3.8, 4) is 0 Å². The maximum absolute atomic E-state index is 13.3. The van der Waals surface area contributed by atoms with Gasteiger partial charge in [-0.2, -0.15) is 0 Å². The maximum atomic E-state index is 13.3. The predicted molar refractivity (Wildman–Crippen MR) is 122 cm³/mol. The van der Waals surface area contributed by atoms with Gasteiger partial charge in [0.1, 0.15) is 18.1 Å². The number of aromatic nitrogens is 2. The van der Waals surface area contributed by atoms with Gasteiger partial charge in [0, 0.05) is 37.1 Å². The van der Waals surface area contributed by atoms with Crippen molar-refractivity contribution in [2.45, 2.75) is 56.9 Å². The highest BCUT2D eigenvalue weighted by Crippen LogP contribution is 2.44. The number of nitrogens with zero attached hydrogens (tertiary/aromatic N) is 2. The molecule has 2 aromatic heterocycles. The Labute approximate surface area is 197 Å². The van der Waals surface area contributed by atoms with Crippen molar-refractivity contribution in [2.24, 2.45) is 11.8 Å². The lowest BCUT2D eigenvalue weighted by Gasteiger charge is -2.32. The zero-order valence-corrected chi connectivity index (χ0v) is 19.1. The van der Waals surface area contributed by atoms with Crippen LogP contribution in [0, 0.1) is 11.8 Å². The highest BCUT2D eigenvalue weighted by Gasteiger charge is 2.48. The van der Waals surface area contributed by atoms with Crippen molar-refractivity contribution in [1.82, 2.24) is 15.5 Å². The van der Waals surface area contributed by atoms with Crippen LogP contribution in [-0.4, -0.2) is 47.1 Å². The molecular weight excluding hydrogens is 438 g/mol. The van der Waals surface area contributed by atoms with Gasteiger partial charge in [-0.15, -0.1) is 0 Å². The van der Waals surface area contributed by atoms with Crippen molar-refractivity contribution in [3.05, 3.63) is 35.9 Å². The molecule has 1 atom stereocenters. The molecule has 2 aliphatic heterocycles. The number of amides is 3. The van der Waals surface area contributed by atoms with E-state index in [1.165, 1.54) is 12.3 Å². The fourth-order valence-electron chi connectivity index (χ4n) is 5.35. The molecule has 4 heterocycles. The van der Waals surface area contributed by atoms with Gasteiger partial charge in [-0.25, -0.2) is 4.98 Å². The van der Waals surface area contributed by atoms with Gasteiger partial charge in [0.2, 0.25) is 11.8 Å². The number of carbonyl (C=O) groups is 3. The summed E-state index contributed by atoms with van der Waals surface area (Å²) >= 11 is 0. The van der Waals surface area contributed by atoms with Gasteiger partial charge in [0.05, 0.1) is 11.1 Å². The fraction of sp³-hybridized carbons (Fsp3) is 0.542. The number of pyridine rings is 1. The molecule has 1 aliphatic carbocycles. The van der Waals surface area contributed by atoms with E-state index in [2.05, 4.69) is 33.0 Å². The minimum atomic E-state index is -0.733. The van der Waals surface area contributed by atoms with Crippen LogP contribution in [0.5, 0.6) is 0 Å². The standard InChI is InChI=1S/C24H29N5O5/c1-14-2-4-15(5-3-14)20(28-21(30)17-6-9-34-29-17)22(31)27-19-12-18-16(13-25-19)24(23(32)26-18)7-10-33-11-8-24/h6,9,12-15,20H,2-5,7-8,10-11H2,1H3,(H,26,32)(H,28,30)(H,25,27,31)/t14-,15-,20-/m0/s1. The van der Waals surface area contributed by atoms with E-state index in [0.717, 1.165) is 31.2 Å². The van der Waals surface area contributed by atoms with Crippen LogP contribution in [-0.2, 0) is 19.7 Å². The fourth-order valence-corrected chi connectivity index (χ4v) is 5.35. The number of carbonyl (C=O) groups excluding carboxylic acids is 3. The molecule has 1 spiro atoms. The van der Waals surface area contributed by atoms with Crippen molar-refractivity contribution in [2.75, 3.05) is 23.8 Å². The molecule has 0 aromatic carbocycles. The minimum Gasteiger partial charge on any atom is -0.381 e. The SMILES string of the molecule is C[C@H]1CC[C@H]([C@H](NC(=O)c2ccon2)C(=O)Nc2cc3c(cn2)C2(CCOCC2)C(=O)N3)CC1. The molecule has 2 fully saturated rings. The molecule has 1 saturated carbocycles. The quantitative estimate of drug-likeness (QED) is 0.615. The van der Waals surface area contributed by atoms with Crippen LogP contribution < -0.4 is 16.0 Å². The molecule has 0 unspecified atom stereocenters. The number of anilines is 2. The summed E-state index contributed by atoms with van der Waals surface area (Å²) in [6.45, 7) is 3.25. The van der Waals surface area contributed by atoms with Gasteiger partial charge >= 0.3 is 0 Å². The molecule has 5 rings (SSSR count). The average Bonchev–Trinajstić information content (AvgIpc) is 3.46. The Kier molecular flexibility index (Phi) is 6.07. The Morgan fingerprint density at radius 1 is 1.21 bits per heavy atom. The van der Waals surface area contributed by atoms with E-state index < -0.39 is 17.4 Å². The smallest absolute Gasteiger partial charge is 0.274 e. The highest BCUT2D eigenvalue weighted by molar-refractivity contribution is 6.07. The number of fused-ring (bicyclic) bond motifs is 2. The second-order valence-electron chi connectivity index (χ2n) is 9.61. The van der Waals surface area contributed by atoms with E-state index in [4.69, 9.17) is 9.26 Å². The lowest BCUT2D eigenvalue weighted by Crippen LogP contribution is -2.49. The normalized spacial score (nSPS) is 24.2. The highest BCUT2D eigenvalue weighted by atomic mass is 16.5. The topological polar surface area (TPSA) is 135 Å². The summed E-state index contributed by atoms with van der Waals surface area (Å²) in [6, 6.07) is 2.42. The second-order valence-corrected chi connectivity index (χ2v) is 9.61. The molecule has 1 saturated heterocycles. The van der Waals surface area contributed by atoms with Crippen molar-refractivity contribution >= 4 is 29.2 Å². The first-order valence-corrected chi connectivity index (χ1v) is 11.9. The summed E-state index contributed by atoms with van der Waals surface area (Å²) in [6.07, 6.45) is 7.89. The number of hydrogen-bond donors (Lipinski definition) is 3. The molecule has 34 heavy (non-hydrogen) atoms. The molecule has 3 N–H and O–H groups in total. The summed E-state index contributed by atoms with van der Waals surface area (Å²) in [7, 11) is 0. The van der Waals surface area contributed by atoms with Crippen LogP contribution in [0.15, 0.2) is 29.1 Å². The van der Waals surface area contributed by atoms with Crippen LogP contribution in [0.2, 0.25) is 0 Å². The van der Waals surface area contributed by atoms with E-state index >= 15 is 0 Å². The van der Waals surface area contributed by atoms with E-state index in [9.17, 15) is 14.4 Å². The van der Waals surface area contributed by atoms with Crippen LogP contribution in [0.1, 0.15) is 61.5 Å². The van der Waals surface area contributed by atoms with Gasteiger partial charge in [-0.05, 0) is 37.5 Å². The predicted octanol–water partition coefficient (Wildman–Crippen LogP) is 2.63. The monoisotopic (exact) mass is 467 g/mol. The van der Waals surface area contributed by atoms with Crippen molar-refractivity contribution in [3.63, 3.8) is 0 Å². The molecule has 3 amide bonds. The van der Waals surface area contributed by atoms with E-state index in [1.54, 1.807) is 12.3 Å². The van der Waals surface area contributed by atoms with E-state index in [0.29, 0.717) is 43.5 Å². The summed E-state index contributed by atoms with van der Waals surface area (Å²) in [5, 5.41) is 12.3.